The molecule has 98 valence electrons. The van der Waals surface area contributed by atoms with Gasteiger partial charge in [-0.05, 0) is 46.9 Å². The Kier molecular flexibility index (Phi) is 4.77. The average Bonchev–Trinajstić information content (AvgIpc) is 2.75. The molecule has 3 N–H and O–H groups in total. The number of hydrogen-bond donors (Lipinski definition) is 2. The van der Waals surface area contributed by atoms with E-state index in [-0.39, 0.29) is 10.9 Å². The zero-order valence-corrected chi connectivity index (χ0v) is 14.0. The molecule has 0 saturated carbocycles. The van der Waals surface area contributed by atoms with Gasteiger partial charge in [-0.25, -0.2) is 0 Å². The minimum atomic E-state index is -0.209. The van der Waals surface area contributed by atoms with Crippen molar-refractivity contribution in [3.63, 3.8) is 0 Å². The van der Waals surface area contributed by atoms with Gasteiger partial charge in [0.15, 0.2) is 0 Å². The monoisotopic (exact) mass is 422 g/mol. The molecule has 1 heterocycles. The molecule has 2 rings (SSSR count). The van der Waals surface area contributed by atoms with E-state index in [0.29, 0.717) is 21.8 Å². The first-order valence-electron chi connectivity index (χ1n) is 5.12. The molecule has 3 nitrogen and oxygen atoms in total. The summed E-state index contributed by atoms with van der Waals surface area (Å²) < 4.78 is 1.04. The van der Waals surface area contributed by atoms with Crippen molar-refractivity contribution in [1.29, 1.82) is 0 Å². The Morgan fingerprint density at radius 2 is 2.16 bits per heavy atom. The third-order valence-electron chi connectivity index (χ3n) is 2.32. The largest absolute Gasteiger partial charge is 0.389 e. The summed E-state index contributed by atoms with van der Waals surface area (Å²) in [6.07, 6.45) is 0. The van der Waals surface area contributed by atoms with E-state index in [1.54, 1.807) is 23.6 Å². The van der Waals surface area contributed by atoms with Gasteiger partial charge in [0.05, 0.1) is 14.1 Å². The number of benzene rings is 1. The molecule has 0 unspecified atom stereocenters. The number of nitrogens with one attached hydrogen (secondary N) is 1. The third kappa shape index (κ3) is 3.65. The fraction of sp³-hybridized carbons (Fsp3) is 0. The molecule has 0 spiro atoms. The van der Waals surface area contributed by atoms with Crippen LogP contribution in [-0.2, 0) is 0 Å². The van der Waals surface area contributed by atoms with Crippen LogP contribution in [0, 0.1) is 2.88 Å². The van der Waals surface area contributed by atoms with Crippen LogP contribution in [0.1, 0.15) is 15.9 Å². The fourth-order valence-corrected chi connectivity index (χ4v) is 3.14. The van der Waals surface area contributed by atoms with Gasteiger partial charge in [0, 0.05) is 16.0 Å². The molecular formula is C12H8ClIN2OS2. The molecule has 0 atom stereocenters. The Morgan fingerprint density at radius 1 is 1.42 bits per heavy atom. The van der Waals surface area contributed by atoms with Crippen LogP contribution in [0.15, 0.2) is 29.6 Å². The van der Waals surface area contributed by atoms with Crippen LogP contribution in [0.3, 0.4) is 0 Å². The maximum atomic E-state index is 12.1. The molecule has 1 amide bonds. The van der Waals surface area contributed by atoms with Crippen molar-refractivity contribution in [2.45, 2.75) is 0 Å². The Balaban J connectivity index is 2.30. The van der Waals surface area contributed by atoms with Crippen molar-refractivity contribution < 1.29 is 4.79 Å². The van der Waals surface area contributed by atoms with Crippen LogP contribution in [0.25, 0.3) is 0 Å². The molecule has 1 aromatic carbocycles. The Morgan fingerprint density at radius 3 is 2.74 bits per heavy atom. The molecule has 0 bridgehead atoms. The maximum absolute atomic E-state index is 12.1. The van der Waals surface area contributed by atoms with Crippen LogP contribution in [0.4, 0.5) is 5.69 Å². The van der Waals surface area contributed by atoms with Crippen LogP contribution < -0.4 is 11.1 Å². The first-order valence-corrected chi connectivity index (χ1v) is 7.86. The first-order chi connectivity index (χ1) is 8.97. The van der Waals surface area contributed by atoms with Crippen LogP contribution in [-0.4, -0.2) is 10.9 Å². The highest BCUT2D eigenvalue weighted by Crippen LogP contribution is 2.23. The zero-order valence-electron chi connectivity index (χ0n) is 9.44. The van der Waals surface area contributed by atoms with Crippen molar-refractivity contribution in [3.05, 3.63) is 48.7 Å². The number of nitrogens with two attached hydrogens (primary N) is 1. The molecule has 0 saturated heterocycles. The Hall–Kier alpha value is -0.700. The summed E-state index contributed by atoms with van der Waals surface area (Å²) in [5.74, 6) is -0.209. The molecule has 1 aromatic heterocycles. The highest BCUT2D eigenvalue weighted by atomic mass is 127. The normalized spacial score (nSPS) is 10.2. The van der Waals surface area contributed by atoms with Crippen molar-refractivity contribution in [2.24, 2.45) is 5.73 Å². The highest BCUT2D eigenvalue weighted by Gasteiger charge is 2.12. The highest BCUT2D eigenvalue weighted by molar-refractivity contribution is 14.1. The lowest BCUT2D eigenvalue weighted by atomic mass is 10.1. The summed E-state index contributed by atoms with van der Waals surface area (Å²) in [5.41, 5.74) is 7.34. The van der Waals surface area contributed by atoms with Gasteiger partial charge >= 0.3 is 0 Å². The molecular weight excluding hydrogens is 415 g/mol. The van der Waals surface area contributed by atoms with Gasteiger partial charge in [-0.3, -0.25) is 4.79 Å². The van der Waals surface area contributed by atoms with E-state index in [1.165, 1.54) is 11.3 Å². The van der Waals surface area contributed by atoms with Crippen LogP contribution in [0.5, 0.6) is 0 Å². The number of anilines is 1. The second-order valence-corrected chi connectivity index (χ2v) is 7.33. The molecule has 0 aliphatic carbocycles. The van der Waals surface area contributed by atoms with E-state index in [1.807, 2.05) is 6.07 Å². The summed E-state index contributed by atoms with van der Waals surface area (Å²) in [6.45, 7) is 0. The van der Waals surface area contributed by atoms with Gasteiger partial charge in [0.2, 0.25) is 0 Å². The molecule has 19 heavy (non-hydrogen) atoms. The predicted molar refractivity (Wildman–Crippen MR) is 92.3 cm³/mol. The van der Waals surface area contributed by atoms with Gasteiger partial charge in [-0.1, -0.05) is 23.8 Å². The number of amides is 1. The number of carbonyl (C=O) groups is 1. The zero-order chi connectivity index (χ0) is 14.0. The van der Waals surface area contributed by atoms with E-state index < -0.39 is 0 Å². The number of thiophene rings is 1. The van der Waals surface area contributed by atoms with Crippen molar-refractivity contribution in [1.82, 2.24) is 0 Å². The lowest BCUT2D eigenvalue weighted by Gasteiger charge is -2.10. The summed E-state index contributed by atoms with van der Waals surface area (Å²) in [6, 6.07) is 6.81. The number of rotatable bonds is 3. The van der Waals surface area contributed by atoms with Crippen LogP contribution in [0.2, 0.25) is 5.02 Å². The van der Waals surface area contributed by atoms with Crippen LogP contribution >= 0.6 is 57.7 Å². The van der Waals surface area contributed by atoms with E-state index in [2.05, 4.69) is 27.9 Å². The lowest BCUT2D eigenvalue weighted by Crippen LogP contribution is -2.17. The summed E-state index contributed by atoms with van der Waals surface area (Å²) in [7, 11) is 0. The maximum Gasteiger partial charge on any atom is 0.256 e. The molecule has 0 fully saturated rings. The van der Waals surface area contributed by atoms with Crippen molar-refractivity contribution in [3.8, 4) is 0 Å². The number of halogens is 2. The predicted octanol–water partition coefficient (Wildman–Crippen LogP) is 3.89. The fourth-order valence-electron chi connectivity index (χ4n) is 1.46. The van der Waals surface area contributed by atoms with Gasteiger partial charge in [-0.15, -0.1) is 11.3 Å². The number of thiocarbonyl (C=S) groups is 1. The lowest BCUT2D eigenvalue weighted by molar-refractivity contribution is 0.102. The van der Waals surface area contributed by atoms with E-state index in [4.69, 9.17) is 29.6 Å². The van der Waals surface area contributed by atoms with Gasteiger partial charge in [0.25, 0.3) is 5.91 Å². The summed E-state index contributed by atoms with van der Waals surface area (Å²) >= 11 is 14.5. The summed E-state index contributed by atoms with van der Waals surface area (Å²) in [5, 5.41) is 5.08. The van der Waals surface area contributed by atoms with Gasteiger partial charge in [-0.2, -0.15) is 0 Å². The average molecular weight is 423 g/mol. The molecule has 0 radical (unpaired) electrons. The van der Waals surface area contributed by atoms with Crippen molar-refractivity contribution in [2.75, 3.05) is 5.32 Å². The van der Waals surface area contributed by atoms with Crippen molar-refractivity contribution >= 4 is 74.3 Å². The minimum Gasteiger partial charge on any atom is -0.389 e. The van der Waals surface area contributed by atoms with E-state index >= 15 is 0 Å². The second kappa shape index (κ2) is 6.17. The molecule has 0 aliphatic rings. The van der Waals surface area contributed by atoms with Gasteiger partial charge in [0.1, 0.15) is 4.99 Å². The Bertz CT molecular complexity index is 657. The topological polar surface area (TPSA) is 55.1 Å². The smallest absolute Gasteiger partial charge is 0.256 e. The summed E-state index contributed by atoms with van der Waals surface area (Å²) in [4.78, 5) is 12.3. The molecule has 7 heteroatoms. The molecule has 0 aliphatic heterocycles. The quantitative estimate of drug-likeness (QED) is 0.583. The number of carbonyl (C=O) groups excluding carboxylic acids is 1. The third-order valence-corrected chi connectivity index (χ3v) is 4.57. The second-order valence-electron chi connectivity index (χ2n) is 3.65. The standard InChI is InChI=1S/C12H8ClIN2OS2/c13-7-1-2-8(11(15)18)9(4-7)16-12(17)6-3-10(14)19-5-6/h1-5H,(H2,15,18)(H,16,17). The number of hydrogen-bond acceptors (Lipinski definition) is 3. The minimum absolute atomic E-state index is 0.209. The van der Waals surface area contributed by atoms with E-state index in [9.17, 15) is 4.79 Å². The Labute approximate surface area is 138 Å². The SMILES string of the molecule is NC(=S)c1ccc(Cl)cc1NC(=O)c1csc(I)c1. The first kappa shape index (κ1) is 14.7. The van der Waals surface area contributed by atoms with E-state index in [0.717, 1.165) is 2.88 Å². The van der Waals surface area contributed by atoms with Gasteiger partial charge < -0.3 is 11.1 Å². The molecule has 2 aromatic rings.